The molecule has 0 aromatic carbocycles. The highest BCUT2D eigenvalue weighted by Crippen LogP contribution is 2.32. The quantitative estimate of drug-likeness (QED) is 0.746. The van der Waals surface area contributed by atoms with Crippen molar-refractivity contribution >= 4 is 16.3 Å². The number of hydrogen-bond donors (Lipinski definition) is 0. The van der Waals surface area contributed by atoms with Crippen molar-refractivity contribution in [3.63, 3.8) is 0 Å². The van der Waals surface area contributed by atoms with E-state index in [9.17, 15) is 4.79 Å². The van der Waals surface area contributed by atoms with Crippen LogP contribution in [0.25, 0.3) is 4.96 Å². The summed E-state index contributed by atoms with van der Waals surface area (Å²) in [7, 11) is 2.09. The van der Waals surface area contributed by atoms with E-state index < -0.39 is 0 Å². The Labute approximate surface area is 132 Å². The maximum atomic E-state index is 12.1. The predicted octanol–water partition coefficient (Wildman–Crippen LogP) is 2.43. The largest absolute Gasteiger partial charge is 0.353 e. The number of thiazole rings is 1. The zero-order chi connectivity index (χ0) is 15.1. The molecule has 1 atom stereocenters. The molecule has 1 saturated heterocycles. The number of hydrogen-bond acceptors (Lipinski definition) is 4. The summed E-state index contributed by atoms with van der Waals surface area (Å²) >= 11 is 1.50. The molecule has 0 N–H and O–H groups in total. The SMILES string of the molecule is Cn1cccc1[C@@H]1CCCN1Cc1cc(=O)n2ccsc2n1. The fourth-order valence-corrected chi connectivity index (χ4v) is 4.09. The first-order valence-corrected chi connectivity index (χ1v) is 8.41. The molecular formula is C16H18N4OS. The number of rotatable bonds is 3. The van der Waals surface area contributed by atoms with Crippen LogP contribution in [-0.2, 0) is 13.6 Å². The van der Waals surface area contributed by atoms with Crippen molar-refractivity contribution in [3.8, 4) is 0 Å². The Bertz CT molecular complexity index is 862. The Morgan fingerprint density at radius 2 is 2.32 bits per heavy atom. The van der Waals surface area contributed by atoms with E-state index in [1.807, 2.05) is 5.38 Å². The summed E-state index contributed by atoms with van der Waals surface area (Å²) in [5.41, 5.74) is 2.22. The Kier molecular flexibility index (Phi) is 3.35. The molecule has 0 unspecified atom stereocenters. The summed E-state index contributed by atoms with van der Waals surface area (Å²) in [6, 6.07) is 6.37. The Morgan fingerprint density at radius 1 is 1.41 bits per heavy atom. The van der Waals surface area contributed by atoms with Gasteiger partial charge in [-0.3, -0.25) is 14.1 Å². The number of aromatic nitrogens is 3. The van der Waals surface area contributed by atoms with Gasteiger partial charge in [0.15, 0.2) is 4.96 Å². The second-order valence-corrected chi connectivity index (χ2v) is 6.69. The van der Waals surface area contributed by atoms with Gasteiger partial charge < -0.3 is 4.57 Å². The highest BCUT2D eigenvalue weighted by molar-refractivity contribution is 7.15. The minimum absolute atomic E-state index is 0.0101. The zero-order valence-electron chi connectivity index (χ0n) is 12.5. The van der Waals surface area contributed by atoms with E-state index >= 15 is 0 Å². The number of aryl methyl sites for hydroxylation is 1. The summed E-state index contributed by atoms with van der Waals surface area (Å²) in [4.78, 5) is 19.9. The molecule has 114 valence electrons. The van der Waals surface area contributed by atoms with Crippen molar-refractivity contribution in [2.24, 2.45) is 7.05 Å². The van der Waals surface area contributed by atoms with Gasteiger partial charge in [0.1, 0.15) is 0 Å². The third-order valence-corrected chi connectivity index (χ3v) is 5.17. The number of fused-ring (bicyclic) bond motifs is 1. The van der Waals surface area contributed by atoms with Crippen LogP contribution in [0.2, 0.25) is 0 Å². The van der Waals surface area contributed by atoms with E-state index in [4.69, 9.17) is 0 Å². The first-order chi connectivity index (χ1) is 10.7. The van der Waals surface area contributed by atoms with E-state index in [0.717, 1.165) is 30.2 Å². The second-order valence-electron chi connectivity index (χ2n) is 5.81. The molecule has 4 rings (SSSR count). The van der Waals surface area contributed by atoms with Crippen molar-refractivity contribution in [1.29, 1.82) is 0 Å². The van der Waals surface area contributed by atoms with Crippen molar-refractivity contribution in [2.75, 3.05) is 6.54 Å². The maximum absolute atomic E-state index is 12.1. The van der Waals surface area contributed by atoms with Crippen LogP contribution in [0, 0.1) is 0 Å². The van der Waals surface area contributed by atoms with Crippen LogP contribution >= 0.6 is 11.3 Å². The molecule has 0 spiro atoms. The Hall–Kier alpha value is -1.92. The normalized spacial score (nSPS) is 19.2. The molecule has 0 amide bonds. The van der Waals surface area contributed by atoms with Crippen molar-refractivity contribution in [3.05, 3.63) is 57.7 Å². The number of nitrogens with zero attached hydrogens (tertiary/aromatic N) is 4. The molecule has 6 heteroatoms. The molecule has 4 heterocycles. The molecule has 22 heavy (non-hydrogen) atoms. The fourth-order valence-electron chi connectivity index (χ4n) is 3.35. The molecule has 1 fully saturated rings. The second kappa shape index (κ2) is 5.37. The van der Waals surface area contributed by atoms with Crippen molar-refractivity contribution in [1.82, 2.24) is 18.9 Å². The van der Waals surface area contributed by atoms with Gasteiger partial charge in [-0.15, -0.1) is 11.3 Å². The molecule has 0 radical (unpaired) electrons. The molecule has 3 aromatic rings. The van der Waals surface area contributed by atoms with Gasteiger partial charge in [-0.1, -0.05) is 0 Å². The monoisotopic (exact) mass is 314 g/mol. The van der Waals surface area contributed by atoms with E-state index in [-0.39, 0.29) is 5.56 Å². The van der Waals surface area contributed by atoms with Gasteiger partial charge in [-0.25, -0.2) is 4.98 Å². The van der Waals surface area contributed by atoms with E-state index in [1.165, 1.54) is 23.5 Å². The van der Waals surface area contributed by atoms with Crippen LogP contribution in [-0.4, -0.2) is 25.4 Å². The summed E-state index contributed by atoms with van der Waals surface area (Å²) < 4.78 is 3.79. The summed E-state index contributed by atoms with van der Waals surface area (Å²) in [5.74, 6) is 0. The lowest BCUT2D eigenvalue weighted by Crippen LogP contribution is -2.26. The third-order valence-electron chi connectivity index (χ3n) is 4.41. The molecule has 3 aromatic heterocycles. The standard InChI is InChI=1S/C16H18N4OS/c1-18-6-2-4-13(18)14-5-3-7-19(14)11-12-10-15(21)20-8-9-22-16(20)17-12/h2,4,6,8-10,14H,3,5,7,11H2,1H3/t14-/m0/s1. The van der Waals surface area contributed by atoms with Crippen LogP contribution in [0.3, 0.4) is 0 Å². The van der Waals surface area contributed by atoms with E-state index in [1.54, 1.807) is 16.7 Å². The Morgan fingerprint density at radius 3 is 3.14 bits per heavy atom. The smallest absolute Gasteiger partial charge is 0.258 e. The molecule has 5 nitrogen and oxygen atoms in total. The Balaban J connectivity index is 1.64. The van der Waals surface area contributed by atoms with Crippen LogP contribution < -0.4 is 5.56 Å². The molecule has 0 bridgehead atoms. The van der Waals surface area contributed by atoms with Gasteiger partial charge in [0.05, 0.1) is 11.7 Å². The van der Waals surface area contributed by atoms with Gasteiger partial charge in [0, 0.05) is 43.1 Å². The molecule has 1 aliphatic heterocycles. The van der Waals surface area contributed by atoms with Crippen LogP contribution in [0.1, 0.15) is 30.3 Å². The highest BCUT2D eigenvalue weighted by Gasteiger charge is 2.28. The number of likely N-dealkylation sites (tertiary alicyclic amines) is 1. The predicted molar refractivity (Wildman–Crippen MR) is 87.1 cm³/mol. The molecular weight excluding hydrogens is 296 g/mol. The van der Waals surface area contributed by atoms with Gasteiger partial charge in [0.2, 0.25) is 0 Å². The summed E-state index contributed by atoms with van der Waals surface area (Å²) in [5, 5.41) is 1.90. The molecule has 1 aliphatic rings. The van der Waals surface area contributed by atoms with E-state index in [0.29, 0.717) is 6.04 Å². The first-order valence-electron chi connectivity index (χ1n) is 7.53. The average molecular weight is 314 g/mol. The van der Waals surface area contributed by atoms with E-state index in [2.05, 4.69) is 39.8 Å². The third kappa shape index (κ3) is 2.28. The van der Waals surface area contributed by atoms with Gasteiger partial charge in [0.25, 0.3) is 5.56 Å². The molecule has 0 saturated carbocycles. The van der Waals surface area contributed by atoms with Gasteiger partial charge >= 0.3 is 0 Å². The zero-order valence-corrected chi connectivity index (χ0v) is 13.3. The van der Waals surface area contributed by atoms with Crippen LogP contribution in [0.15, 0.2) is 40.8 Å². The van der Waals surface area contributed by atoms with Gasteiger partial charge in [-0.05, 0) is 31.5 Å². The van der Waals surface area contributed by atoms with Gasteiger partial charge in [-0.2, -0.15) is 0 Å². The lowest BCUT2D eigenvalue weighted by molar-refractivity contribution is 0.238. The summed E-state index contributed by atoms with van der Waals surface area (Å²) in [6.45, 7) is 1.79. The minimum atomic E-state index is 0.0101. The molecule has 0 aliphatic carbocycles. The highest BCUT2D eigenvalue weighted by atomic mass is 32.1. The first kappa shape index (κ1) is 13.7. The van der Waals surface area contributed by atoms with Crippen LogP contribution in [0.5, 0.6) is 0 Å². The lowest BCUT2D eigenvalue weighted by atomic mass is 10.1. The lowest BCUT2D eigenvalue weighted by Gasteiger charge is -2.24. The topological polar surface area (TPSA) is 42.5 Å². The van der Waals surface area contributed by atoms with Crippen molar-refractivity contribution < 1.29 is 0 Å². The van der Waals surface area contributed by atoms with Crippen molar-refractivity contribution in [2.45, 2.75) is 25.4 Å². The summed E-state index contributed by atoms with van der Waals surface area (Å²) in [6.07, 6.45) is 6.23. The average Bonchev–Trinajstić information content (AvgIpc) is 3.19. The fraction of sp³-hybridized carbons (Fsp3) is 0.375. The minimum Gasteiger partial charge on any atom is -0.353 e. The maximum Gasteiger partial charge on any atom is 0.258 e. The van der Waals surface area contributed by atoms with Crippen LogP contribution in [0.4, 0.5) is 0 Å².